The molecule has 6 nitrogen and oxygen atoms in total. The van der Waals surface area contributed by atoms with E-state index in [4.69, 9.17) is 0 Å². The molecule has 1 fully saturated rings. The van der Waals surface area contributed by atoms with Crippen LogP contribution in [0.2, 0.25) is 0 Å². The van der Waals surface area contributed by atoms with E-state index in [9.17, 15) is 18.3 Å². The fourth-order valence-corrected chi connectivity index (χ4v) is 4.98. The summed E-state index contributed by atoms with van der Waals surface area (Å²) in [6, 6.07) is 7.24. The van der Waals surface area contributed by atoms with Gasteiger partial charge in [-0.3, -0.25) is 9.78 Å². The van der Waals surface area contributed by atoms with E-state index in [1.807, 2.05) is 0 Å². The van der Waals surface area contributed by atoms with E-state index in [2.05, 4.69) is 17.6 Å². The number of pyridine rings is 1. The Morgan fingerprint density at radius 1 is 1.32 bits per heavy atom. The summed E-state index contributed by atoms with van der Waals surface area (Å²) in [5.74, 6) is -1.16. The first-order valence-corrected chi connectivity index (χ1v) is 8.63. The number of carboxylic acids is 1. The van der Waals surface area contributed by atoms with E-state index < -0.39 is 22.0 Å². The topological polar surface area (TPSA) is 87.6 Å². The molecule has 1 aliphatic heterocycles. The smallest absolute Gasteiger partial charge is 0.322 e. The van der Waals surface area contributed by atoms with E-state index >= 15 is 0 Å². The van der Waals surface area contributed by atoms with E-state index in [-0.39, 0.29) is 23.1 Å². The number of hydrogen-bond donors (Lipinski definition) is 2. The second-order valence-electron chi connectivity index (χ2n) is 5.15. The monoisotopic (exact) mass is 338 g/mol. The number of sulfonamides is 1. The maximum absolute atomic E-state index is 12.9. The molecule has 0 radical (unpaired) electrons. The Labute approximate surface area is 133 Å². The lowest BCUT2D eigenvalue weighted by molar-refractivity contribution is -0.140. The highest BCUT2D eigenvalue weighted by Crippen LogP contribution is 2.31. The summed E-state index contributed by atoms with van der Waals surface area (Å²) < 4.78 is 26.8. The minimum Gasteiger partial charge on any atom is -0.480 e. The second kappa shape index (κ2) is 5.53. The molecule has 116 valence electrons. The molecule has 0 amide bonds. The fourth-order valence-electron chi connectivity index (χ4n) is 2.69. The normalized spacial score (nSPS) is 23.0. The summed E-state index contributed by atoms with van der Waals surface area (Å²) in [5, 5.41) is 9.67. The number of carbonyl (C=O) groups is 1. The first-order valence-electron chi connectivity index (χ1n) is 6.67. The summed E-state index contributed by atoms with van der Waals surface area (Å²) >= 11 is 4.24. The summed E-state index contributed by atoms with van der Waals surface area (Å²) in [6.07, 6.45) is 1.71. The third-order valence-electron chi connectivity index (χ3n) is 3.70. The molecular formula is C14H14N2O4S2. The van der Waals surface area contributed by atoms with Crippen molar-refractivity contribution in [3.8, 4) is 0 Å². The lowest BCUT2D eigenvalue weighted by Gasteiger charge is -2.21. The molecule has 2 heterocycles. The lowest BCUT2D eigenvalue weighted by Crippen LogP contribution is -2.40. The van der Waals surface area contributed by atoms with Gasteiger partial charge in [-0.1, -0.05) is 18.2 Å². The largest absolute Gasteiger partial charge is 0.480 e. The van der Waals surface area contributed by atoms with Crippen molar-refractivity contribution in [3.05, 3.63) is 36.5 Å². The van der Waals surface area contributed by atoms with E-state index in [1.54, 1.807) is 24.3 Å². The molecule has 1 aromatic heterocycles. The summed E-state index contributed by atoms with van der Waals surface area (Å²) in [7, 11) is -3.95. The van der Waals surface area contributed by atoms with Gasteiger partial charge in [0.2, 0.25) is 10.0 Å². The number of thiol groups is 1. The molecule has 0 spiro atoms. The first-order chi connectivity index (χ1) is 10.4. The van der Waals surface area contributed by atoms with Crippen molar-refractivity contribution >= 4 is 39.5 Å². The number of rotatable bonds is 3. The van der Waals surface area contributed by atoms with Crippen LogP contribution in [0.3, 0.4) is 0 Å². The summed E-state index contributed by atoms with van der Waals surface area (Å²) in [5.41, 5.74) is 0.344. The maximum atomic E-state index is 12.9. The molecule has 8 heteroatoms. The second-order valence-corrected chi connectivity index (χ2v) is 7.74. The van der Waals surface area contributed by atoms with Crippen molar-refractivity contribution in [2.24, 2.45) is 0 Å². The van der Waals surface area contributed by atoms with Crippen LogP contribution in [0.5, 0.6) is 0 Å². The van der Waals surface area contributed by atoms with Crippen LogP contribution >= 0.6 is 12.6 Å². The molecule has 22 heavy (non-hydrogen) atoms. The first kappa shape index (κ1) is 15.3. The molecule has 0 bridgehead atoms. The molecule has 0 aliphatic carbocycles. The van der Waals surface area contributed by atoms with Gasteiger partial charge < -0.3 is 5.11 Å². The van der Waals surface area contributed by atoms with Crippen molar-refractivity contribution < 1.29 is 18.3 Å². The molecule has 2 aromatic rings. The highest BCUT2D eigenvalue weighted by Gasteiger charge is 2.43. The molecule has 1 saturated heterocycles. The van der Waals surface area contributed by atoms with Gasteiger partial charge in [-0.15, -0.1) is 0 Å². The molecule has 2 atom stereocenters. The Balaban J connectivity index is 2.14. The van der Waals surface area contributed by atoms with Crippen LogP contribution in [0.4, 0.5) is 0 Å². The van der Waals surface area contributed by atoms with Crippen molar-refractivity contribution in [1.82, 2.24) is 9.29 Å². The van der Waals surface area contributed by atoms with Crippen molar-refractivity contribution in [2.75, 3.05) is 6.54 Å². The number of carboxylic acid groups (broad SMARTS) is 1. The Morgan fingerprint density at radius 3 is 2.77 bits per heavy atom. The van der Waals surface area contributed by atoms with Gasteiger partial charge in [0.15, 0.2) is 0 Å². The van der Waals surface area contributed by atoms with Crippen LogP contribution in [0, 0.1) is 0 Å². The van der Waals surface area contributed by atoms with Gasteiger partial charge in [-0.2, -0.15) is 16.9 Å². The van der Waals surface area contributed by atoms with Crippen LogP contribution < -0.4 is 0 Å². The predicted molar refractivity (Wildman–Crippen MR) is 84.4 cm³/mol. The van der Waals surface area contributed by atoms with Crippen LogP contribution in [0.15, 0.2) is 41.4 Å². The number of hydrogen-bond acceptors (Lipinski definition) is 5. The number of fused-ring (bicyclic) bond motifs is 1. The number of benzene rings is 1. The Morgan fingerprint density at radius 2 is 2.05 bits per heavy atom. The van der Waals surface area contributed by atoms with E-state index in [0.717, 1.165) is 4.31 Å². The third kappa shape index (κ3) is 2.47. The van der Waals surface area contributed by atoms with Crippen molar-refractivity contribution in [2.45, 2.75) is 22.6 Å². The Bertz CT molecular complexity index is 832. The average Bonchev–Trinajstić information content (AvgIpc) is 2.90. The number of nitrogens with zero attached hydrogens (tertiary/aromatic N) is 2. The minimum absolute atomic E-state index is 0.0271. The van der Waals surface area contributed by atoms with Gasteiger partial charge in [0.1, 0.15) is 10.9 Å². The zero-order chi connectivity index (χ0) is 15.9. The van der Waals surface area contributed by atoms with Crippen LogP contribution in [0.1, 0.15) is 6.42 Å². The number of aliphatic carboxylic acids is 1. The van der Waals surface area contributed by atoms with E-state index in [1.165, 1.54) is 12.3 Å². The average molecular weight is 338 g/mol. The highest BCUT2D eigenvalue weighted by atomic mass is 32.2. The molecule has 1 aromatic carbocycles. The van der Waals surface area contributed by atoms with E-state index in [0.29, 0.717) is 10.9 Å². The summed E-state index contributed by atoms with van der Waals surface area (Å²) in [4.78, 5) is 15.5. The number of aromatic nitrogens is 1. The summed E-state index contributed by atoms with van der Waals surface area (Å²) in [6.45, 7) is 0.0750. The fraction of sp³-hybridized carbons (Fsp3) is 0.286. The zero-order valence-electron chi connectivity index (χ0n) is 11.5. The van der Waals surface area contributed by atoms with Crippen LogP contribution in [0.25, 0.3) is 10.9 Å². The van der Waals surface area contributed by atoms with Gasteiger partial charge in [0.25, 0.3) is 0 Å². The quantitative estimate of drug-likeness (QED) is 0.826. The lowest BCUT2D eigenvalue weighted by atomic mass is 10.2. The van der Waals surface area contributed by atoms with Gasteiger partial charge in [0, 0.05) is 23.4 Å². The van der Waals surface area contributed by atoms with Gasteiger partial charge in [-0.05, 0) is 18.6 Å². The predicted octanol–water partition coefficient (Wildman–Crippen LogP) is 1.38. The standard InChI is InChI=1S/C14H14N2O4S2/c17-14(18)11-7-10(21)8-16(11)22(19,20)12-5-1-3-9-4-2-6-15-13(9)12/h1-6,10-11,21H,7-8H2,(H,17,18)/t10-,11+/m1/s1. The molecule has 1 aliphatic rings. The van der Waals surface area contributed by atoms with Crippen molar-refractivity contribution in [3.63, 3.8) is 0 Å². The zero-order valence-corrected chi connectivity index (χ0v) is 13.2. The Hall–Kier alpha value is -1.64. The maximum Gasteiger partial charge on any atom is 0.322 e. The van der Waals surface area contributed by atoms with Gasteiger partial charge in [0.05, 0.1) is 5.52 Å². The molecule has 0 unspecified atom stereocenters. The molecule has 0 saturated carbocycles. The Kier molecular flexibility index (Phi) is 3.84. The van der Waals surface area contributed by atoms with Crippen LogP contribution in [-0.4, -0.2) is 46.6 Å². The molecular weight excluding hydrogens is 324 g/mol. The van der Waals surface area contributed by atoms with Crippen molar-refractivity contribution in [1.29, 1.82) is 0 Å². The minimum atomic E-state index is -3.95. The molecule has 1 N–H and O–H groups in total. The highest BCUT2D eigenvalue weighted by molar-refractivity contribution is 7.89. The van der Waals surface area contributed by atoms with Crippen LogP contribution in [-0.2, 0) is 14.8 Å². The van der Waals surface area contributed by atoms with Gasteiger partial charge in [-0.25, -0.2) is 8.42 Å². The molecule has 3 rings (SSSR count). The SMILES string of the molecule is O=C(O)[C@@H]1C[C@@H](S)CN1S(=O)(=O)c1cccc2cccnc12. The number of para-hydroxylation sites is 1. The van der Waals surface area contributed by atoms with Gasteiger partial charge >= 0.3 is 5.97 Å². The third-order valence-corrected chi connectivity index (χ3v) is 5.98.